The van der Waals surface area contributed by atoms with E-state index in [9.17, 15) is 9.00 Å². The van der Waals surface area contributed by atoms with Gasteiger partial charge < -0.3 is 0 Å². The summed E-state index contributed by atoms with van der Waals surface area (Å²) in [6.45, 7) is 0. The van der Waals surface area contributed by atoms with Gasteiger partial charge in [-0.15, -0.1) is 0 Å². The molecule has 3 rings (SSSR count). The van der Waals surface area contributed by atoms with Crippen molar-refractivity contribution in [3.8, 4) is 11.1 Å². The Bertz CT molecular complexity index is 663. The number of hydrogen-bond donors (Lipinski definition) is 1. The van der Waals surface area contributed by atoms with E-state index in [1.807, 2.05) is 12.1 Å². The highest BCUT2D eigenvalue weighted by molar-refractivity contribution is 7.93. The molecule has 0 aliphatic carbocycles. The van der Waals surface area contributed by atoms with Crippen molar-refractivity contribution in [3.05, 3.63) is 43.0 Å². The third kappa shape index (κ3) is 1.84. The van der Waals surface area contributed by atoms with Crippen molar-refractivity contribution in [2.45, 2.75) is 0 Å². The van der Waals surface area contributed by atoms with Crippen molar-refractivity contribution < 1.29 is 9.00 Å². The number of carbonyl (C=O) groups is 1. The molecule has 0 saturated heterocycles. The lowest BCUT2D eigenvalue weighted by atomic mass is 10.1. The fourth-order valence-electron chi connectivity index (χ4n) is 1.63. The monoisotopic (exact) mass is 260 g/mol. The summed E-state index contributed by atoms with van der Waals surface area (Å²) in [4.78, 5) is 15.0. The van der Waals surface area contributed by atoms with Crippen LogP contribution in [0.4, 0.5) is 0 Å². The van der Waals surface area contributed by atoms with Crippen molar-refractivity contribution >= 4 is 21.9 Å². The maximum atomic E-state index is 11.6. The van der Waals surface area contributed by atoms with E-state index in [1.165, 1.54) is 10.8 Å². The quantitative estimate of drug-likeness (QED) is 0.854. The standard InChI is InChI=1S/C11H8N4O2S/c16-10-5-11(18(17)14-10)15-7-9(6-13-15)8-1-3-12-4-2-8/h1-7H,(H,14,16). The lowest BCUT2D eigenvalue weighted by Gasteiger charge is -1.98. The van der Waals surface area contributed by atoms with Gasteiger partial charge in [0.2, 0.25) is 0 Å². The van der Waals surface area contributed by atoms with Crippen LogP contribution >= 0.6 is 0 Å². The smallest absolute Gasteiger partial charge is 0.258 e. The highest BCUT2D eigenvalue weighted by atomic mass is 32.2. The molecule has 1 aliphatic rings. The molecule has 6 nitrogen and oxygen atoms in total. The van der Waals surface area contributed by atoms with E-state index in [2.05, 4.69) is 14.8 Å². The summed E-state index contributed by atoms with van der Waals surface area (Å²) in [6, 6.07) is 3.70. The lowest BCUT2D eigenvalue weighted by molar-refractivity contribution is -0.114. The summed E-state index contributed by atoms with van der Waals surface area (Å²) in [5, 5.41) is 4.44. The van der Waals surface area contributed by atoms with E-state index in [0.29, 0.717) is 5.03 Å². The Morgan fingerprint density at radius 3 is 2.67 bits per heavy atom. The Morgan fingerprint density at radius 1 is 1.22 bits per heavy atom. The Balaban J connectivity index is 1.98. The molecule has 0 fully saturated rings. The second-order valence-corrected chi connectivity index (χ2v) is 4.79. The molecule has 0 radical (unpaired) electrons. The van der Waals surface area contributed by atoms with Crippen LogP contribution in [-0.2, 0) is 15.8 Å². The number of rotatable bonds is 2. The Labute approximate surface area is 105 Å². The minimum Gasteiger partial charge on any atom is -0.269 e. The summed E-state index contributed by atoms with van der Waals surface area (Å²) in [5.74, 6) is -0.371. The number of nitrogens with one attached hydrogen (secondary N) is 1. The van der Waals surface area contributed by atoms with Gasteiger partial charge >= 0.3 is 0 Å². The molecule has 1 atom stereocenters. The van der Waals surface area contributed by atoms with Crippen LogP contribution < -0.4 is 4.72 Å². The zero-order chi connectivity index (χ0) is 12.5. The van der Waals surface area contributed by atoms with Gasteiger partial charge in [-0.2, -0.15) is 5.10 Å². The average molecular weight is 260 g/mol. The van der Waals surface area contributed by atoms with Gasteiger partial charge in [0.25, 0.3) is 5.91 Å². The molecule has 0 bridgehead atoms. The molecular formula is C11H8N4O2S. The van der Waals surface area contributed by atoms with Crippen LogP contribution in [0.2, 0.25) is 0 Å². The molecule has 90 valence electrons. The average Bonchev–Trinajstić information content (AvgIpc) is 2.97. The SMILES string of the molecule is O=C1C=C(n2cc(-c3ccncc3)cn2)S(=O)N1. The van der Waals surface area contributed by atoms with Gasteiger partial charge in [-0.25, -0.2) is 8.89 Å². The van der Waals surface area contributed by atoms with Crippen molar-refractivity contribution in [1.82, 2.24) is 19.5 Å². The number of amides is 1. The minimum absolute atomic E-state index is 0.334. The molecule has 3 heterocycles. The van der Waals surface area contributed by atoms with Gasteiger partial charge in [-0.1, -0.05) is 0 Å². The first-order chi connectivity index (χ1) is 8.74. The predicted octanol–water partition coefficient (Wildman–Crippen LogP) is 0.537. The van der Waals surface area contributed by atoms with Crippen LogP contribution in [0.5, 0.6) is 0 Å². The highest BCUT2D eigenvalue weighted by Gasteiger charge is 2.21. The normalized spacial score (nSPS) is 18.6. The fourth-order valence-corrected chi connectivity index (χ4v) is 2.46. The van der Waals surface area contributed by atoms with Gasteiger partial charge in [-0.05, 0) is 17.7 Å². The van der Waals surface area contributed by atoms with E-state index in [0.717, 1.165) is 11.1 Å². The summed E-state index contributed by atoms with van der Waals surface area (Å²) >= 11 is 0. The second kappa shape index (κ2) is 4.19. The van der Waals surface area contributed by atoms with Crippen molar-refractivity contribution in [2.24, 2.45) is 0 Å². The lowest BCUT2D eigenvalue weighted by Crippen LogP contribution is -2.17. The molecule has 1 amide bonds. The maximum Gasteiger partial charge on any atom is 0.258 e. The van der Waals surface area contributed by atoms with Crippen LogP contribution in [-0.4, -0.2) is 24.9 Å². The van der Waals surface area contributed by atoms with Crippen molar-refractivity contribution in [3.63, 3.8) is 0 Å². The van der Waals surface area contributed by atoms with E-state index in [-0.39, 0.29) is 5.91 Å². The largest absolute Gasteiger partial charge is 0.269 e. The number of carbonyl (C=O) groups excluding carboxylic acids is 1. The molecule has 0 saturated carbocycles. The summed E-state index contributed by atoms with van der Waals surface area (Å²) in [5.41, 5.74) is 1.83. The molecule has 7 heteroatoms. The first-order valence-corrected chi connectivity index (χ1v) is 6.28. The number of aromatic nitrogens is 3. The van der Waals surface area contributed by atoms with E-state index >= 15 is 0 Å². The molecule has 1 aliphatic heterocycles. The third-order valence-corrected chi connectivity index (χ3v) is 3.53. The zero-order valence-electron chi connectivity index (χ0n) is 9.11. The maximum absolute atomic E-state index is 11.6. The number of hydrogen-bond acceptors (Lipinski definition) is 4. The van der Waals surface area contributed by atoms with Gasteiger partial charge in [0.15, 0.2) is 16.0 Å². The molecule has 0 aromatic carbocycles. The highest BCUT2D eigenvalue weighted by Crippen LogP contribution is 2.20. The Morgan fingerprint density at radius 2 is 2.00 bits per heavy atom. The Hall–Kier alpha value is -2.28. The van der Waals surface area contributed by atoms with Crippen LogP contribution in [0, 0.1) is 0 Å². The fraction of sp³-hybridized carbons (Fsp3) is 0. The van der Waals surface area contributed by atoms with Crippen LogP contribution in [0.1, 0.15) is 0 Å². The first kappa shape index (κ1) is 10.8. The molecule has 1 N–H and O–H groups in total. The van der Waals surface area contributed by atoms with Gasteiger partial charge in [0.05, 0.1) is 6.20 Å². The first-order valence-electron chi connectivity index (χ1n) is 5.13. The van der Waals surface area contributed by atoms with Gasteiger partial charge in [-0.3, -0.25) is 14.5 Å². The molecule has 18 heavy (non-hydrogen) atoms. The van der Waals surface area contributed by atoms with E-state index in [1.54, 1.807) is 24.8 Å². The van der Waals surface area contributed by atoms with Gasteiger partial charge in [0, 0.05) is 30.2 Å². The van der Waals surface area contributed by atoms with Crippen LogP contribution in [0.3, 0.4) is 0 Å². The summed E-state index contributed by atoms with van der Waals surface area (Å²) < 4.78 is 15.3. The van der Waals surface area contributed by atoms with Gasteiger partial charge in [0.1, 0.15) is 0 Å². The van der Waals surface area contributed by atoms with Crippen molar-refractivity contribution in [1.29, 1.82) is 0 Å². The van der Waals surface area contributed by atoms with Crippen LogP contribution in [0.25, 0.3) is 16.2 Å². The predicted molar refractivity (Wildman–Crippen MR) is 66.0 cm³/mol. The molecule has 2 aromatic rings. The molecular weight excluding hydrogens is 252 g/mol. The van der Waals surface area contributed by atoms with Crippen LogP contribution in [0.15, 0.2) is 43.0 Å². The zero-order valence-corrected chi connectivity index (χ0v) is 9.92. The topological polar surface area (TPSA) is 76.9 Å². The van der Waals surface area contributed by atoms with Crippen molar-refractivity contribution in [2.75, 3.05) is 0 Å². The third-order valence-electron chi connectivity index (χ3n) is 2.46. The minimum atomic E-state index is -1.54. The second-order valence-electron chi connectivity index (χ2n) is 3.63. The molecule has 1 unspecified atom stereocenters. The molecule has 2 aromatic heterocycles. The Kier molecular flexibility index (Phi) is 2.52. The number of nitrogens with zero attached hydrogens (tertiary/aromatic N) is 3. The van der Waals surface area contributed by atoms with E-state index < -0.39 is 11.0 Å². The van der Waals surface area contributed by atoms with E-state index in [4.69, 9.17) is 0 Å². The summed E-state index contributed by atoms with van der Waals surface area (Å²) in [7, 11) is -1.54. The molecule has 0 spiro atoms. The number of pyridine rings is 1. The summed E-state index contributed by atoms with van der Waals surface area (Å²) in [6.07, 6.45) is 8.02.